The van der Waals surface area contributed by atoms with E-state index in [-0.39, 0.29) is 0 Å². The van der Waals surface area contributed by atoms with E-state index in [1.165, 1.54) is 37.9 Å². The van der Waals surface area contributed by atoms with Crippen LogP contribution in [0.25, 0.3) is 0 Å². The Kier molecular flexibility index (Phi) is 4.72. The molecule has 1 fully saturated rings. The standard InChI is InChI=1S/C15H22N2S/c1-2-12-4-3-9-17(10-12)11-13-5-7-14(8-6-13)15(16)18/h5-8,12H,2-4,9-11H2,1H3,(H2,16,18). The maximum Gasteiger partial charge on any atom is 0.103 e. The van der Waals surface area contributed by atoms with Gasteiger partial charge in [0.15, 0.2) is 0 Å². The van der Waals surface area contributed by atoms with Crippen LogP contribution < -0.4 is 5.73 Å². The number of nitrogens with two attached hydrogens (primary N) is 1. The predicted octanol–water partition coefficient (Wildman–Crippen LogP) is 2.94. The van der Waals surface area contributed by atoms with Crippen LogP contribution in [0.1, 0.15) is 37.3 Å². The van der Waals surface area contributed by atoms with Crippen molar-refractivity contribution in [2.24, 2.45) is 11.7 Å². The molecule has 1 heterocycles. The van der Waals surface area contributed by atoms with Crippen molar-refractivity contribution in [2.45, 2.75) is 32.7 Å². The van der Waals surface area contributed by atoms with Gasteiger partial charge in [-0.2, -0.15) is 0 Å². The first-order valence-electron chi connectivity index (χ1n) is 6.80. The van der Waals surface area contributed by atoms with E-state index < -0.39 is 0 Å². The zero-order valence-electron chi connectivity index (χ0n) is 11.1. The summed E-state index contributed by atoms with van der Waals surface area (Å²) in [6.07, 6.45) is 4.04. The van der Waals surface area contributed by atoms with Crippen LogP contribution in [0.2, 0.25) is 0 Å². The molecule has 18 heavy (non-hydrogen) atoms. The van der Waals surface area contributed by atoms with Gasteiger partial charge in [-0.15, -0.1) is 0 Å². The summed E-state index contributed by atoms with van der Waals surface area (Å²) in [6.45, 7) is 5.82. The fourth-order valence-corrected chi connectivity index (χ4v) is 2.80. The number of rotatable bonds is 4. The maximum absolute atomic E-state index is 5.61. The van der Waals surface area contributed by atoms with Gasteiger partial charge >= 0.3 is 0 Å². The smallest absolute Gasteiger partial charge is 0.103 e. The van der Waals surface area contributed by atoms with Gasteiger partial charge in [0.2, 0.25) is 0 Å². The molecule has 0 aliphatic carbocycles. The molecule has 0 radical (unpaired) electrons. The topological polar surface area (TPSA) is 29.3 Å². The van der Waals surface area contributed by atoms with E-state index in [1.54, 1.807) is 0 Å². The molecule has 2 nitrogen and oxygen atoms in total. The molecule has 1 aliphatic heterocycles. The quantitative estimate of drug-likeness (QED) is 0.846. The number of benzene rings is 1. The Labute approximate surface area is 115 Å². The molecule has 0 amide bonds. The Morgan fingerprint density at radius 1 is 1.39 bits per heavy atom. The lowest BCUT2D eigenvalue weighted by atomic mass is 9.95. The van der Waals surface area contributed by atoms with E-state index in [4.69, 9.17) is 18.0 Å². The Morgan fingerprint density at radius 3 is 2.72 bits per heavy atom. The number of nitrogens with zero attached hydrogens (tertiary/aromatic N) is 1. The molecule has 1 aromatic rings. The summed E-state index contributed by atoms with van der Waals surface area (Å²) in [6, 6.07) is 8.34. The Balaban J connectivity index is 1.94. The summed E-state index contributed by atoms with van der Waals surface area (Å²) < 4.78 is 0. The van der Waals surface area contributed by atoms with Crippen LogP contribution in [0.3, 0.4) is 0 Å². The van der Waals surface area contributed by atoms with Gasteiger partial charge in [-0.1, -0.05) is 49.8 Å². The molecule has 1 unspecified atom stereocenters. The van der Waals surface area contributed by atoms with Gasteiger partial charge in [0.1, 0.15) is 4.99 Å². The van der Waals surface area contributed by atoms with Crippen molar-refractivity contribution >= 4 is 17.2 Å². The van der Waals surface area contributed by atoms with Crippen LogP contribution in [0.5, 0.6) is 0 Å². The molecule has 0 aromatic heterocycles. The summed E-state index contributed by atoms with van der Waals surface area (Å²) >= 11 is 4.97. The molecular formula is C15H22N2S. The molecule has 98 valence electrons. The second-order valence-corrected chi connectivity index (χ2v) is 5.65. The minimum atomic E-state index is 0.477. The van der Waals surface area contributed by atoms with Crippen LogP contribution in [0.15, 0.2) is 24.3 Å². The van der Waals surface area contributed by atoms with Gasteiger partial charge in [0, 0.05) is 18.7 Å². The van der Waals surface area contributed by atoms with E-state index in [0.29, 0.717) is 4.99 Å². The van der Waals surface area contributed by atoms with E-state index in [2.05, 4.69) is 24.0 Å². The largest absolute Gasteiger partial charge is 0.389 e. The molecule has 1 atom stereocenters. The van der Waals surface area contributed by atoms with Gasteiger partial charge in [-0.05, 0) is 30.9 Å². The second-order valence-electron chi connectivity index (χ2n) is 5.21. The van der Waals surface area contributed by atoms with Crippen LogP contribution in [0, 0.1) is 5.92 Å². The molecule has 0 spiro atoms. The van der Waals surface area contributed by atoms with Gasteiger partial charge in [-0.25, -0.2) is 0 Å². The lowest BCUT2D eigenvalue weighted by molar-refractivity contribution is 0.165. The molecular weight excluding hydrogens is 240 g/mol. The maximum atomic E-state index is 5.61. The highest BCUT2D eigenvalue weighted by atomic mass is 32.1. The van der Waals surface area contributed by atoms with Crippen molar-refractivity contribution in [3.63, 3.8) is 0 Å². The van der Waals surface area contributed by atoms with E-state index in [1.807, 2.05) is 12.1 Å². The molecule has 0 bridgehead atoms. The normalized spacial score (nSPS) is 20.8. The van der Waals surface area contributed by atoms with E-state index in [0.717, 1.165) is 18.0 Å². The molecule has 1 aliphatic rings. The number of thiocarbonyl (C=S) groups is 1. The van der Waals surface area contributed by atoms with Gasteiger partial charge in [-0.3, -0.25) is 4.90 Å². The van der Waals surface area contributed by atoms with Gasteiger partial charge < -0.3 is 5.73 Å². The van der Waals surface area contributed by atoms with Crippen molar-refractivity contribution in [2.75, 3.05) is 13.1 Å². The summed E-state index contributed by atoms with van der Waals surface area (Å²) in [4.78, 5) is 3.04. The first-order valence-corrected chi connectivity index (χ1v) is 7.21. The lowest BCUT2D eigenvalue weighted by Crippen LogP contribution is -2.34. The number of piperidine rings is 1. The number of hydrogen-bond acceptors (Lipinski definition) is 2. The minimum absolute atomic E-state index is 0.477. The van der Waals surface area contributed by atoms with Crippen molar-refractivity contribution in [3.05, 3.63) is 35.4 Å². The zero-order valence-corrected chi connectivity index (χ0v) is 11.9. The number of hydrogen-bond donors (Lipinski definition) is 1. The first kappa shape index (κ1) is 13.5. The monoisotopic (exact) mass is 262 g/mol. The van der Waals surface area contributed by atoms with Crippen molar-refractivity contribution in [1.29, 1.82) is 0 Å². The Bertz CT molecular complexity index is 399. The molecule has 2 rings (SSSR count). The zero-order chi connectivity index (χ0) is 13.0. The Hall–Kier alpha value is -0.930. The molecule has 0 saturated carbocycles. The highest BCUT2D eigenvalue weighted by Gasteiger charge is 2.18. The SMILES string of the molecule is CCC1CCCN(Cc2ccc(C(N)=S)cc2)C1. The van der Waals surface area contributed by atoms with Crippen LogP contribution in [-0.4, -0.2) is 23.0 Å². The second kappa shape index (κ2) is 6.30. The summed E-state index contributed by atoms with van der Waals surface area (Å²) in [5.74, 6) is 0.884. The molecule has 3 heteroatoms. The fraction of sp³-hybridized carbons (Fsp3) is 0.533. The summed E-state index contributed by atoms with van der Waals surface area (Å²) in [5, 5.41) is 0. The highest BCUT2D eigenvalue weighted by Crippen LogP contribution is 2.20. The third-order valence-corrected chi connectivity index (χ3v) is 4.06. The average molecular weight is 262 g/mol. The third kappa shape index (κ3) is 3.53. The predicted molar refractivity (Wildman–Crippen MR) is 80.6 cm³/mol. The molecule has 2 N–H and O–H groups in total. The minimum Gasteiger partial charge on any atom is -0.389 e. The van der Waals surface area contributed by atoms with E-state index in [9.17, 15) is 0 Å². The number of likely N-dealkylation sites (tertiary alicyclic amines) is 1. The van der Waals surface area contributed by atoms with Crippen LogP contribution in [0.4, 0.5) is 0 Å². The summed E-state index contributed by atoms with van der Waals surface area (Å²) in [5.41, 5.74) is 7.92. The van der Waals surface area contributed by atoms with Crippen molar-refractivity contribution in [3.8, 4) is 0 Å². The van der Waals surface area contributed by atoms with Crippen molar-refractivity contribution < 1.29 is 0 Å². The van der Waals surface area contributed by atoms with Crippen LogP contribution in [-0.2, 0) is 6.54 Å². The van der Waals surface area contributed by atoms with Gasteiger partial charge in [0.05, 0.1) is 0 Å². The summed E-state index contributed by atoms with van der Waals surface area (Å²) in [7, 11) is 0. The third-order valence-electron chi connectivity index (χ3n) is 3.83. The Morgan fingerprint density at radius 2 is 2.11 bits per heavy atom. The molecule has 1 aromatic carbocycles. The highest BCUT2D eigenvalue weighted by molar-refractivity contribution is 7.80. The fourth-order valence-electron chi connectivity index (χ4n) is 2.66. The molecule has 1 saturated heterocycles. The van der Waals surface area contributed by atoms with E-state index >= 15 is 0 Å². The first-order chi connectivity index (χ1) is 8.69. The van der Waals surface area contributed by atoms with Gasteiger partial charge in [0.25, 0.3) is 0 Å². The van der Waals surface area contributed by atoms with Crippen molar-refractivity contribution in [1.82, 2.24) is 4.90 Å². The lowest BCUT2D eigenvalue weighted by Gasteiger charge is -2.32. The average Bonchev–Trinajstić information content (AvgIpc) is 2.39. The van der Waals surface area contributed by atoms with Crippen LogP contribution >= 0.6 is 12.2 Å².